The summed E-state index contributed by atoms with van der Waals surface area (Å²) >= 11 is 13.9. The lowest BCUT2D eigenvalue weighted by molar-refractivity contribution is -0.117. The lowest BCUT2D eigenvalue weighted by atomic mass is 9.84. The topological polar surface area (TPSA) is 66.4 Å². The number of Topliss-reactive ketones (excluding diaryl/α,β-unsaturated/α-hetero) is 1. The summed E-state index contributed by atoms with van der Waals surface area (Å²) in [5, 5.41) is 13.1. The number of hydrogen-bond acceptors (Lipinski definition) is 4. The van der Waals surface area contributed by atoms with E-state index in [1.165, 1.54) is 6.07 Å². The molecular weight excluding hydrogens is 424 g/mol. The van der Waals surface area contributed by atoms with Crippen LogP contribution in [0.3, 0.4) is 0 Å². The lowest BCUT2D eigenvalue weighted by Crippen LogP contribution is -2.46. The standard InChI is InChI=1S/C20H12Cl2FNO3S/c1-9-3-2-4-10(7-9)20(22)16(26)15-14(12-6-5-11(23)8-13(12)25)17(21)28-18(15)24-19(20)27/h2-8,25H,1H3,(H,24,27). The van der Waals surface area contributed by atoms with Gasteiger partial charge in [0.1, 0.15) is 20.9 Å². The normalized spacial score (nSPS) is 18.7. The molecule has 1 aliphatic rings. The van der Waals surface area contributed by atoms with Crippen LogP contribution in [-0.2, 0) is 9.67 Å². The van der Waals surface area contributed by atoms with Gasteiger partial charge >= 0.3 is 0 Å². The first-order valence-corrected chi connectivity index (χ1v) is 9.74. The molecule has 0 bridgehead atoms. The molecule has 4 rings (SSSR count). The molecule has 2 aromatic carbocycles. The number of hydrogen-bond donors (Lipinski definition) is 2. The second-order valence-electron chi connectivity index (χ2n) is 6.43. The third kappa shape index (κ3) is 2.71. The average molecular weight is 436 g/mol. The summed E-state index contributed by atoms with van der Waals surface area (Å²) in [5.74, 6) is -2.33. The molecule has 4 nitrogen and oxygen atoms in total. The number of benzene rings is 2. The minimum absolute atomic E-state index is 0.0908. The van der Waals surface area contributed by atoms with Crippen molar-refractivity contribution in [3.05, 3.63) is 69.3 Å². The lowest BCUT2D eigenvalue weighted by Gasteiger charge is -2.30. The van der Waals surface area contributed by atoms with E-state index in [-0.39, 0.29) is 31.8 Å². The van der Waals surface area contributed by atoms with Crippen LogP contribution in [0.4, 0.5) is 9.39 Å². The molecule has 2 heterocycles. The van der Waals surface area contributed by atoms with Crippen LogP contribution in [0.25, 0.3) is 11.1 Å². The number of carbonyl (C=O) groups is 2. The van der Waals surface area contributed by atoms with Crippen LogP contribution in [0, 0.1) is 12.7 Å². The van der Waals surface area contributed by atoms with E-state index in [9.17, 15) is 19.1 Å². The maximum Gasteiger partial charge on any atom is 0.258 e. The Morgan fingerprint density at radius 3 is 2.57 bits per heavy atom. The summed E-state index contributed by atoms with van der Waals surface area (Å²) in [4.78, 5) is 24.2. The molecule has 0 fully saturated rings. The van der Waals surface area contributed by atoms with Gasteiger partial charge in [-0.1, -0.05) is 53.0 Å². The Labute approximate surface area is 173 Å². The van der Waals surface area contributed by atoms with Gasteiger partial charge in [-0.25, -0.2) is 4.39 Å². The Hall–Kier alpha value is -2.41. The first-order chi connectivity index (χ1) is 13.2. The van der Waals surface area contributed by atoms with Gasteiger partial charge in [-0.2, -0.15) is 0 Å². The van der Waals surface area contributed by atoms with Crippen LogP contribution in [0.15, 0.2) is 42.5 Å². The third-order valence-electron chi connectivity index (χ3n) is 4.59. The number of amides is 1. The summed E-state index contributed by atoms with van der Waals surface area (Å²) in [6, 6.07) is 10.2. The van der Waals surface area contributed by atoms with Crippen molar-refractivity contribution in [3.63, 3.8) is 0 Å². The van der Waals surface area contributed by atoms with Crippen LogP contribution in [0.5, 0.6) is 5.75 Å². The highest BCUT2D eigenvalue weighted by Gasteiger charge is 2.52. The number of aromatic hydroxyl groups is 1. The zero-order valence-corrected chi connectivity index (χ0v) is 16.7. The Balaban J connectivity index is 1.95. The summed E-state index contributed by atoms with van der Waals surface area (Å²) in [5.41, 5.74) is 1.65. The number of aryl methyl sites for hydroxylation is 1. The highest BCUT2D eigenvalue weighted by atomic mass is 35.5. The number of fused-ring (bicyclic) bond motifs is 1. The molecule has 0 aliphatic carbocycles. The summed E-state index contributed by atoms with van der Waals surface area (Å²) in [6.07, 6.45) is 0. The Bertz CT molecular complexity index is 1160. The smallest absolute Gasteiger partial charge is 0.258 e. The van der Waals surface area contributed by atoms with Crippen LogP contribution in [0.2, 0.25) is 4.34 Å². The van der Waals surface area contributed by atoms with Crippen molar-refractivity contribution >= 4 is 51.2 Å². The number of thiophene rings is 1. The number of ketones is 1. The summed E-state index contributed by atoms with van der Waals surface area (Å²) in [7, 11) is 0. The van der Waals surface area contributed by atoms with Crippen molar-refractivity contribution in [3.8, 4) is 16.9 Å². The minimum Gasteiger partial charge on any atom is -0.507 e. The monoisotopic (exact) mass is 435 g/mol. The van der Waals surface area contributed by atoms with E-state index in [0.29, 0.717) is 5.56 Å². The van der Waals surface area contributed by atoms with Gasteiger partial charge < -0.3 is 10.4 Å². The highest BCUT2D eigenvalue weighted by Crippen LogP contribution is 2.52. The predicted molar refractivity (Wildman–Crippen MR) is 108 cm³/mol. The molecule has 1 atom stereocenters. The number of halogens is 3. The number of anilines is 1. The van der Waals surface area contributed by atoms with Crippen molar-refractivity contribution in [2.24, 2.45) is 0 Å². The zero-order valence-electron chi connectivity index (χ0n) is 14.3. The second-order valence-corrected chi connectivity index (χ2v) is 8.62. The minimum atomic E-state index is -1.98. The number of phenolic OH excluding ortho intramolecular Hbond substituents is 1. The second kappa shape index (κ2) is 6.58. The Kier molecular flexibility index (Phi) is 4.45. The largest absolute Gasteiger partial charge is 0.507 e. The van der Waals surface area contributed by atoms with Gasteiger partial charge in [0.15, 0.2) is 0 Å². The molecule has 1 unspecified atom stereocenters. The van der Waals surface area contributed by atoms with E-state index in [2.05, 4.69) is 5.32 Å². The maximum atomic E-state index is 13.4. The molecule has 28 heavy (non-hydrogen) atoms. The summed E-state index contributed by atoms with van der Waals surface area (Å²) < 4.78 is 13.6. The average Bonchev–Trinajstić information content (AvgIpc) is 2.95. The van der Waals surface area contributed by atoms with E-state index < -0.39 is 22.4 Å². The molecule has 2 N–H and O–H groups in total. The van der Waals surface area contributed by atoms with Gasteiger partial charge in [0, 0.05) is 17.2 Å². The number of carbonyl (C=O) groups excluding carboxylic acids is 2. The Morgan fingerprint density at radius 2 is 1.89 bits per heavy atom. The SMILES string of the molecule is Cc1cccc(C2(Cl)C(=O)Nc3sc(Cl)c(-c4ccc(F)cc4O)c3C2=O)c1. The van der Waals surface area contributed by atoms with Crippen molar-refractivity contribution in [1.82, 2.24) is 0 Å². The fourth-order valence-corrected chi connectivity index (χ4v) is 4.87. The molecular formula is C20H12Cl2FNO3S. The molecule has 0 saturated heterocycles. The van der Waals surface area contributed by atoms with Crippen molar-refractivity contribution in [2.75, 3.05) is 5.32 Å². The maximum absolute atomic E-state index is 13.4. The fourth-order valence-electron chi connectivity index (χ4n) is 3.25. The molecule has 1 aliphatic heterocycles. The molecule has 0 radical (unpaired) electrons. The Morgan fingerprint density at radius 1 is 1.14 bits per heavy atom. The first kappa shape index (κ1) is 18.9. The molecule has 8 heteroatoms. The summed E-state index contributed by atoms with van der Waals surface area (Å²) in [6.45, 7) is 1.82. The number of alkyl halides is 1. The van der Waals surface area contributed by atoms with Crippen molar-refractivity contribution in [2.45, 2.75) is 11.8 Å². The van der Waals surface area contributed by atoms with Gasteiger partial charge in [0.25, 0.3) is 5.91 Å². The molecule has 1 amide bonds. The van der Waals surface area contributed by atoms with Gasteiger partial charge in [-0.15, -0.1) is 11.3 Å². The van der Waals surface area contributed by atoms with E-state index in [1.807, 2.05) is 13.0 Å². The molecule has 1 aromatic heterocycles. The molecule has 3 aromatic rings. The zero-order chi connectivity index (χ0) is 20.2. The van der Waals surface area contributed by atoms with Gasteiger partial charge in [0.05, 0.1) is 5.56 Å². The molecule has 142 valence electrons. The van der Waals surface area contributed by atoms with Crippen LogP contribution in [-0.4, -0.2) is 16.8 Å². The van der Waals surface area contributed by atoms with Gasteiger partial charge in [-0.05, 0) is 24.6 Å². The van der Waals surface area contributed by atoms with Crippen molar-refractivity contribution in [1.29, 1.82) is 0 Å². The van der Waals surface area contributed by atoms with E-state index in [4.69, 9.17) is 23.2 Å². The number of rotatable bonds is 2. The van der Waals surface area contributed by atoms with Crippen LogP contribution < -0.4 is 5.32 Å². The fraction of sp³-hybridized carbons (Fsp3) is 0.100. The van der Waals surface area contributed by atoms with Gasteiger partial charge in [0.2, 0.25) is 10.7 Å². The molecule has 0 saturated carbocycles. The van der Waals surface area contributed by atoms with E-state index in [1.54, 1.807) is 18.2 Å². The first-order valence-electron chi connectivity index (χ1n) is 8.17. The van der Waals surface area contributed by atoms with Gasteiger partial charge in [-0.3, -0.25) is 9.59 Å². The highest BCUT2D eigenvalue weighted by molar-refractivity contribution is 7.21. The van der Waals surface area contributed by atoms with E-state index in [0.717, 1.165) is 29.0 Å². The van der Waals surface area contributed by atoms with Crippen LogP contribution in [0.1, 0.15) is 21.5 Å². The van der Waals surface area contributed by atoms with E-state index >= 15 is 0 Å². The third-order valence-corrected chi connectivity index (χ3v) is 6.47. The van der Waals surface area contributed by atoms with Crippen LogP contribution >= 0.6 is 34.5 Å². The number of nitrogens with one attached hydrogen (secondary N) is 1. The quantitative estimate of drug-likeness (QED) is 0.413. The predicted octanol–water partition coefficient (Wildman–Crippen LogP) is 5.49. The molecule has 0 spiro atoms. The number of phenols is 1. The van der Waals surface area contributed by atoms with Crippen molar-refractivity contribution < 1.29 is 19.1 Å².